The Hall–Kier alpha value is -1.06. The van der Waals surface area contributed by atoms with Crippen LogP contribution in [0.5, 0.6) is 0 Å². The third-order valence-electron chi connectivity index (χ3n) is 3.59. The highest BCUT2D eigenvalue weighted by atomic mass is 16.2. The molecule has 1 rings (SSSR count). The first kappa shape index (κ1) is 15.0. The van der Waals surface area contributed by atoms with Gasteiger partial charge in [0, 0.05) is 6.54 Å². The van der Waals surface area contributed by atoms with Crippen molar-refractivity contribution in [1.29, 1.82) is 0 Å². The van der Waals surface area contributed by atoms with Gasteiger partial charge in [0.05, 0.1) is 0 Å². The van der Waals surface area contributed by atoms with Gasteiger partial charge in [-0.25, -0.2) is 0 Å². The molecule has 0 aliphatic carbocycles. The van der Waals surface area contributed by atoms with E-state index in [0.717, 1.165) is 12.8 Å². The number of piperazine rings is 1. The van der Waals surface area contributed by atoms with Crippen LogP contribution in [0.3, 0.4) is 0 Å². The summed E-state index contributed by atoms with van der Waals surface area (Å²) in [5.41, 5.74) is -0.769. The van der Waals surface area contributed by atoms with Gasteiger partial charge in [-0.15, -0.1) is 0 Å². The van der Waals surface area contributed by atoms with Crippen molar-refractivity contribution in [1.82, 2.24) is 10.2 Å². The Bertz CT molecular complexity index is 326. The van der Waals surface area contributed by atoms with Crippen LogP contribution in [0.4, 0.5) is 0 Å². The number of nitrogens with one attached hydrogen (secondary N) is 1. The predicted molar refractivity (Wildman–Crippen MR) is 72.1 cm³/mol. The minimum Gasteiger partial charge on any atom is -0.340 e. The van der Waals surface area contributed by atoms with Gasteiger partial charge in [-0.05, 0) is 32.6 Å². The summed E-state index contributed by atoms with van der Waals surface area (Å²) in [5, 5.41) is 2.81. The maximum absolute atomic E-state index is 12.4. The van der Waals surface area contributed by atoms with Crippen molar-refractivity contribution >= 4 is 11.8 Å². The molecule has 0 aromatic rings. The summed E-state index contributed by atoms with van der Waals surface area (Å²) in [7, 11) is 0. The van der Waals surface area contributed by atoms with E-state index in [-0.39, 0.29) is 17.9 Å². The number of carbonyl (C=O) groups is 2. The molecular weight excluding hydrogens is 228 g/mol. The van der Waals surface area contributed by atoms with Gasteiger partial charge >= 0.3 is 0 Å². The van der Waals surface area contributed by atoms with E-state index in [4.69, 9.17) is 0 Å². The molecule has 4 heteroatoms. The molecule has 1 fully saturated rings. The average molecular weight is 254 g/mol. The van der Waals surface area contributed by atoms with Crippen LogP contribution in [0.1, 0.15) is 53.9 Å². The molecule has 0 aromatic heterocycles. The largest absolute Gasteiger partial charge is 0.340 e. The zero-order chi connectivity index (χ0) is 13.9. The molecule has 104 valence electrons. The van der Waals surface area contributed by atoms with Gasteiger partial charge in [-0.1, -0.05) is 27.2 Å². The Balaban J connectivity index is 2.87. The quantitative estimate of drug-likeness (QED) is 0.815. The molecule has 1 heterocycles. The minimum absolute atomic E-state index is 0.0224. The Morgan fingerprint density at radius 2 is 1.94 bits per heavy atom. The molecule has 4 nitrogen and oxygen atoms in total. The third kappa shape index (κ3) is 3.03. The van der Waals surface area contributed by atoms with Gasteiger partial charge in [0.1, 0.15) is 11.6 Å². The minimum atomic E-state index is -0.769. The molecule has 1 N–H and O–H groups in total. The average Bonchev–Trinajstić information content (AvgIpc) is 2.25. The van der Waals surface area contributed by atoms with E-state index in [9.17, 15) is 9.59 Å². The summed E-state index contributed by atoms with van der Waals surface area (Å²) in [5.74, 6) is 0.456. The Morgan fingerprint density at radius 3 is 2.44 bits per heavy atom. The summed E-state index contributed by atoms with van der Waals surface area (Å²) in [6, 6.07) is -0.301. The lowest BCUT2D eigenvalue weighted by Crippen LogP contribution is -2.68. The maximum atomic E-state index is 12.4. The van der Waals surface area contributed by atoms with E-state index < -0.39 is 5.54 Å². The van der Waals surface area contributed by atoms with Gasteiger partial charge in [-0.3, -0.25) is 9.59 Å². The van der Waals surface area contributed by atoms with Crippen LogP contribution in [0.2, 0.25) is 0 Å². The molecule has 2 unspecified atom stereocenters. The SMILES string of the molecule is CCCC(C)CN1C(=O)C(C)(C)NC(=O)C1CC. The van der Waals surface area contributed by atoms with Crippen LogP contribution in [0.25, 0.3) is 0 Å². The fraction of sp³-hybridized carbons (Fsp3) is 0.857. The molecule has 2 atom stereocenters. The van der Waals surface area contributed by atoms with E-state index in [1.807, 2.05) is 6.92 Å². The number of amides is 2. The monoisotopic (exact) mass is 254 g/mol. The van der Waals surface area contributed by atoms with Gasteiger partial charge in [-0.2, -0.15) is 0 Å². The van der Waals surface area contributed by atoms with E-state index in [1.54, 1.807) is 18.7 Å². The van der Waals surface area contributed by atoms with Crippen LogP contribution in [-0.4, -0.2) is 34.8 Å². The van der Waals surface area contributed by atoms with Crippen molar-refractivity contribution in [3.63, 3.8) is 0 Å². The Morgan fingerprint density at radius 1 is 1.33 bits per heavy atom. The second kappa shape index (κ2) is 5.72. The summed E-state index contributed by atoms with van der Waals surface area (Å²) in [6.07, 6.45) is 2.87. The number of nitrogens with zero attached hydrogens (tertiary/aromatic N) is 1. The molecule has 0 bridgehead atoms. The van der Waals surface area contributed by atoms with E-state index >= 15 is 0 Å². The lowest BCUT2D eigenvalue weighted by Gasteiger charge is -2.43. The van der Waals surface area contributed by atoms with Crippen molar-refractivity contribution in [3.8, 4) is 0 Å². The molecular formula is C14H26N2O2. The molecule has 1 aliphatic heterocycles. The van der Waals surface area contributed by atoms with E-state index in [2.05, 4.69) is 19.2 Å². The summed E-state index contributed by atoms with van der Waals surface area (Å²) in [4.78, 5) is 26.2. The summed E-state index contributed by atoms with van der Waals surface area (Å²) < 4.78 is 0. The van der Waals surface area contributed by atoms with Gasteiger partial charge in [0.15, 0.2) is 0 Å². The first-order chi connectivity index (χ1) is 8.33. The number of rotatable bonds is 5. The molecule has 1 saturated heterocycles. The standard InChI is InChI=1S/C14H26N2O2/c1-6-8-10(3)9-16-11(7-2)12(17)15-14(4,5)13(16)18/h10-11H,6-9H2,1-5H3,(H,15,17). The zero-order valence-electron chi connectivity index (χ0n) is 12.2. The van der Waals surface area contributed by atoms with E-state index in [1.165, 1.54) is 0 Å². The van der Waals surface area contributed by atoms with Crippen LogP contribution >= 0.6 is 0 Å². The second-order valence-corrected chi connectivity index (χ2v) is 5.89. The molecule has 2 amide bonds. The van der Waals surface area contributed by atoms with Crippen molar-refractivity contribution in [2.24, 2.45) is 5.92 Å². The molecule has 0 aromatic carbocycles. The lowest BCUT2D eigenvalue weighted by atomic mass is 9.94. The molecule has 0 saturated carbocycles. The Kier molecular flexibility index (Phi) is 4.77. The van der Waals surface area contributed by atoms with Crippen molar-refractivity contribution in [3.05, 3.63) is 0 Å². The maximum Gasteiger partial charge on any atom is 0.248 e. The highest BCUT2D eigenvalue weighted by Crippen LogP contribution is 2.22. The summed E-state index contributed by atoms with van der Waals surface area (Å²) in [6.45, 7) is 10.5. The van der Waals surface area contributed by atoms with Crippen molar-refractivity contribution in [2.75, 3.05) is 6.54 Å². The fourth-order valence-electron chi connectivity index (χ4n) is 2.62. The molecule has 18 heavy (non-hydrogen) atoms. The fourth-order valence-corrected chi connectivity index (χ4v) is 2.62. The highest BCUT2D eigenvalue weighted by molar-refractivity contribution is 5.99. The van der Waals surface area contributed by atoms with Crippen LogP contribution in [-0.2, 0) is 9.59 Å². The topological polar surface area (TPSA) is 49.4 Å². The third-order valence-corrected chi connectivity index (χ3v) is 3.59. The number of hydrogen-bond acceptors (Lipinski definition) is 2. The zero-order valence-corrected chi connectivity index (χ0v) is 12.2. The molecule has 0 radical (unpaired) electrons. The lowest BCUT2D eigenvalue weighted by molar-refractivity contribution is -0.154. The van der Waals surface area contributed by atoms with Crippen molar-refractivity contribution < 1.29 is 9.59 Å². The van der Waals surface area contributed by atoms with Crippen LogP contribution in [0.15, 0.2) is 0 Å². The van der Waals surface area contributed by atoms with Gasteiger partial charge in [0.2, 0.25) is 11.8 Å². The van der Waals surface area contributed by atoms with Gasteiger partial charge in [0.25, 0.3) is 0 Å². The smallest absolute Gasteiger partial charge is 0.248 e. The number of carbonyl (C=O) groups excluding carboxylic acids is 2. The Labute approximate surface area is 110 Å². The predicted octanol–water partition coefficient (Wildman–Crippen LogP) is 1.94. The van der Waals surface area contributed by atoms with E-state index in [0.29, 0.717) is 18.9 Å². The highest BCUT2D eigenvalue weighted by Gasteiger charge is 2.44. The summed E-state index contributed by atoms with van der Waals surface area (Å²) >= 11 is 0. The molecule has 1 aliphatic rings. The van der Waals surface area contributed by atoms with Gasteiger partial charge < -0.3 is 10.2 Å². The normalized spacial score (nSPS) is 24.9. The second-order valence-electron chi connectivity index (χ2n) is 5.89. The first-order valence-electron chi connectivity index (χ1n) is 6.96. The first-order valence-corrected chi connectivity index (χ1v) is 6.96. The molecule has 0 spiro atoms. The van der Waals surface area contributed by atoms with Crippen LogP contribution < -0.4 is 5.32 Å². The van der Waals surface area contributed by atoms with Crippen molar-refractivity contribution in [2.45, 2.75) is 65.5 Å². The van der Waals surface area contributed by atoms with Crippen LogP contribution in [0, 0.1) is 5.92 Å². The number of hydrogen-bond donors (Lipinski definition) is 1.